The Bertz CT molecular complexity index is 659. The van der Waals surface area contributed by atoms with Gasteiger partial charge in [-0.05, 0) is 45.6 Å². The van der Waals surface area contributed by atoms with Crippen LogP contribution in [0.1, 0.15) is 39.2 Å². The van der Waals surface area contributed by atoms with Crippen LogP contribution < -0.4 is 5.56 Å². The lowest BCUT2D eigenvalue weighted by atomic mass is 9.97. The van der Waals surface area contributed by atoms with Gasteiger partial charge in [-0.15, -0.1) is 0 Å². The summed E-state index contributed by atoms with van der Waals surface area (Å²) in [5.41, 5.74) is -0.103. The molecule has 0 saturated carbocycles. The zero-order chi connectivity index (χ0) is 17.0. The topological polar surface area (TPSA) is 75.3 Å². The highest BCUT2D eigenvalue weighted by atomic mass is 16.6. The van der Waals surface area contributed by atoms with E-state index in [1.54, 1.807) is 15.7 Å². The van der Waals surface area contributed by atoms with E-state index in [1.165, 1.54) is 12.1 Å². The maximum atomic E-state index is 12.0. The first-order valence-electron chi connectivity index (χ1n) is 7.87. The van der Waals surface area contributed by atoms with Crippen molar-refractivity contribution in [3.8, 4) is 6.07 Å². The lowest BCUT2D eigenvalue weighted by Crippen LogP contribution is -2.42. The average Bonchev–Trinajstić information content (AvgIpc) is 2.48. The SMILES string of the molecule is CC(C)(C)OC(=O)N1CCC(Cn2cc(C#N)ccc2=O)CC1. The number of carbonyl (C=O) groups excluding carboxylic acids is 1. The third-order valence-corrected chi connectivity index (χ3v) is 3.83. The van der Waals surface area contributed by atoms with Gasteiger partial charge in [-0.25, -0.2) is 4.79 Å². The van der Waals surface area contributed by atoms with Crippen molar-refractivity contribution in [2.75, 3.05) is 13.1 Å². The number of ether oxygens (including phenoxy) is 1. The molecule has 0 radical (unpaired) electrons. The van der Waals surface area contributed by atoms with Crippen LogP contribution in [0.15, 0.2) is 23.1 Å². The van der Waals surface area contributed by atoms with Crippen LogP contribution in [0.3, 0.4) is 0 Å². The van der Waals surface area contributed by atoms with Crippen molar-refractivity contribution in [3.63, 3.8) is 0 Å². The molecule has 0 N–H and O–H groups in total. The van der Waals surface area contributed by atoms with Crippen LogP contribution in [0.4, 0.5) is 4.79 Å². The molecule has 0 aliphatic carbocycles. The number of pyridine rings is 1. The van der Waals surface area contributed by atoms with Gasteiger partial charge in [0.1, 0.15) is 11.7 Å². The summed E-state index contributed by atoms with van der Waals surface area (Å²) in [5.74, 6) is 0.320. The van der Waals surface area contributed by atoms with Gasteiger partial charge >= 0.3 is 6.09 Å². The summed E-state index contributed by atoms with van der Waals surface area (Å²) in [6.45, 7) is 7.40. The molecule has 0 bridgehead atoms. The number of amides is 1. The van der Waals surface area contributed by atoms with Gasteiger partial charge in [0.15, 0.2) is 0 Å². The Hall–Kier alpha value is -2.29. The molecule has 0 unspecified atom stereocenters. The fourth-order valence-corrected chi connectivity index (χ4v) is 2.64. The quantitative estimate of drug-likeness (QED) is 0.839. The molecule has 124 valence electrons. The van der Waals surface area contributed by atoms with Gasteiger partial charge in [0.25, 0.3) is 5.56 Å². The summed E-state index contributed by atoms with van der Waals surface area (Å²) < 4.78 is 6.97. The van der Waals surface area contributed by atoms with Crippen LogP contribution in [0, 0.1) is 17.2 Å². The fourth-order valence-electron chi connectivity index (χ4n) is 2.64. The minimum atomic E-state index is -0.487. The van der Waals surface area contributed by atoms with Gasteiger partial charge in [0.05, 0.1) is 5.56 Å². The van der Waals surface area contributed by atoms with Crippen LogP contribution in [0.25, 0.3) is 0 Å². The van der Waals surface area contributed by atoms with E-state index in [0.29, 0.717) is 31.1 Å². The molecule has 0 atom stereocenters. The van der Waals surface area contributed by atoms with Crippen molar-refractivity contribution in [3.05, 3.63) is 34.2 Å². The highest BCUT2D eigenvalue weighted by molar-refractivity contribution is 5.68. The lowest BCUT2D eigenvalue weighted by Gasteiger charge is -2.33. The number of piperidine rings is 1. The smallest absolute Gasteiger partial charge is 0.410 e. The van der Waals surface area contributed by atoms with Crippen molar-refractivity contribution in [2.24, 2.45) is 5.92 Å². The second-order valence-corrected chi connectivity index (χ2v) is 6.93. The largest absolute Gasteiger partial charge is 0.444 e. The van der Waals surface area contributed by atoms with E-state index in [-0.39, 0.29) is 11.7 Å². The number of likely N-dealkylation sites (tertiary alicyclic amines) is 1. The molecule has 6 heteroatoms. The van der Waals surface area contributed by atoms with Crippen LogP contribution in [0.5, 0.6) is 0 Å². The Morgan fingerprint density at radius 1 is 1.35 bits per heavy atom. The number of nitrogens with zero attached hydrogens (tertiary/aromatic N) is 3. The van der Waals surface area contributed by atoms with Gasteiger partial charge < -0.3 is 14.2 Å². The van der Waals surface area contributed by atoms with E-state index in [9.17, 15) is 9.59 Å². The number of rotatable bonds is 2. The Morgan fingerprint density at radius 2 is 2.00 bits per heavy atom. The van der Waals surface area contributed by atoms with E-state index in [2.05, 4.69) is 0 Å². The molecular weight excluding hydrogens is 294 g/mol. The van der Waals surface area contributed by atoms with Gasteiger partial charge in [0, 0.05) is 31.9 Å². The van der Waals surface area contributed by atoms with E-state index in [1.807, 2.05) is 26.8 Å². The summed E-state index contributed by atoms with van der Waals surface area (Å²) in [6, 6.07) is 5.00. The summed E-state index contributed by atoms with van der Waals surface area (Å²) >= 11 is 0. The molecule has 1 saturated heterocycles. The summed E-state index contributed by atoms with van der Waals surface area (Å²) in [7, 11) is 0. The van der Waals surface area contributed by atoms with Gasteiger partial charge in [-0.1, -0.05) is 0 Å². The molecule has 1 aromatic rings. The van der Waals surface area contributed by atoms with Crippen molar-refractivity contribution in [2.45, 2.75) is 45.8 Å². The molecule has 2 heterocycles. The number of hydrogen-bond acceptors (Lipinski definition) is 4. The van der Waals surface area contributed by atoms with E-state index in [0.717, 1.165) is 12.8 Å². The first-order chi connectivity index (χ1) is 10.8. The maximum absolute atomic E-state index is 12.0. The van der Waals surface area contributed by atoms with Gasteiger partial charge in [0.2, 0.25) is 0 Å². The van der Waals surface area contributed by atoms with E-state index < -0.39 is 5.60 Å². The average molecular weight is 317 g/mol. The summed E-state index contributed by atoms with van der Waals surface area (Å²) in [6.07, 6.45) is 2.97. The zero-order valence-electron chi connectivity index (χ0n) is 13.9. The predicted molar refractivity (Wildman–Crippen MR) is 85.9 cm³/mol. The van der Waals surface area contributed by atoms with Crippen LogP contribution in [-0.2, 0) is 11.3 Å². The molecule has 1 aliphatic heterocycles. The first-order valence-corrected chi connectivity index (χ1v) is 7.87. The van der Waals surface area contributed by atoms with Crippen LogP contribution in [-0.4, -0.2) is 34.3 Å². The molecule has 1 amide bonds. The highest BCUT2D eigenvalue weighted by Gasteiger charge is 2.27. The third-order valence-electron chi connectivity index (χ3n) is 3.83. The fraction of sp³-hybridized carbons (Fsp3) is 0.588. The molecule has 2 rings (SSSR count). The molecule has 0 spiro atoms. The third kappa shape index (κ3) is 4.85. The van der Waals surface area contributed by atoms with Gasteiger partial charge in [-0.3, -0.25) is 4.79 Å². The Kier molecular flexibility index (Phi) is 5.09. The minimum Gasteiger partial charge on any atom is -0.444 e. The molecule has 1 aliphatic rings. The Balaban J connectivity index is 1.92. The summed E-state index contributed by atoms with van der Waals surface area (Å²) in [4.78, 5) is 25.6. The summed E-state index contributed by atoms with van der Waals surface area (Å²) in [5, 5.41) is 8.92. The first kappa shape index (κ1) is 17.1. The second-order valence-electron chi connectivity index (χ2n) is 6.93. The molecule has 6 nitrogen and oxygen atoms in total. The van der Waals surface area contributed by atoms with E-state index in [4.69, 9.17) is 10.00 Å². The molecular formula is C17H23N3O3. The second kappa shape index (κ2) is 6.86. The maximum Gasteiger partial charge on any atom is 0.410 e. The van der Waals surface area contributed by atoms with Crippen molar-refractivity contribution in [1.82, 2.24) is 9.47 Å². The van der Waals surface area contributed by atoms with Crippen LogP contribution in [0.2, 0.25) is 0 Å². The standard InChI is InChI=1S/C17H23N3O3/c1-17(2,3)23-16(22)19-8-6-13(7-9-19)11-20-12-14(10-18)4-5-15(20)21/h4-5,12-13H,6-9,11H2,1-3H3. The van der Waals surface area contributed by atoms with Crippen molar-refractivity contribution >= 4 is 6.09 Å². The number of nitriles is 1. The molecule has 0 aromatic carbocycles. The van der Waals surface area contributed by atoms with Crippen LogP contribution >= 0.6 is 0 Å². The minimum absolute atomic E-state index is 0.0985. The van der Waals surface area contributed by atoms with Crippen molar-refractivity contribution < 1.29 is 9.53 Å². The molecule has 23 heavy (non-hydrogen) atoms. The van der Waals surface area contributed by atoms with Gasteiger partial charge in [-0.2, -0.15) is 5.26 Å². The lowest BCUT2D eigenvalue weighted by molar-refractivity contribution is 0.0178. The molecule has 1 fully saturated rings. The van der Waals surface area contributed by atoms with E-state index >= 15 is 0 Å². The Morgan fingerprint density at radius 3 is 2.57 bits per heavy atom. The predicted octanol–water partition coefficient (Wildman–Crippen LogP) is 2.37. The Labute approximate surface area is 136 Å². The number of carbonyl (C=O) groups is 1. The molecule has 1 aromatic heterocycles. The zero-order valence-corrected chi connectivity index (χ0v) is 13.9. The number of aromatic nitrogens is 1. The monoisotopic (exact) mass is 317 g/mol. The normalized spacial score (nSPS) is 16.0. The highest BCUT2D eigenvalue weighted by Crippen LogP contribution is 2.20. The van der Waals surface area contributed by atoms with Crippen molar-refractivity contribution in [1.29, 1.82) is 5.26 Å². The number of hydrogen-bond donors (Lipinski definition) is 0.